The zero-order valence-corrected chi connectivity index (χ0v) is 51.1. The Labute approximate surface area is 508 Å². The van der Waals surface area contributed by atoms with Gasteiger partial charge in [-0.25, -0.2) is 0 Å². The second kappa shape index (κ2) is 27.2. The zero-order valence-electron chi connectivity index (χ0n) is 51.1. The van der Waals surface area contributed by atoms with Crippen LogP contribution in [0, 0.1) is 34.6 Å². The normalized spacial score (nSPS) is 11.2. The Morgan fingerprint density at radius 1 is 0.235 bits per heavy atom. The minimum atomic E-state index is 1.04. The SMILES string of the molecule is CCCCCCc1cc(-c2ccc(N(c3ccc(-c4ccc(C)cc4)cc3)c3ccc(-c4ccccc4)c(C)c3)cc2C)c(CCCCCC)cc1-c1ccc(N(c2ccc(-c3ccc(C)cc3)cc2)c2ccc(-c3ccccc3)c(C)c2)cc1. The number of unbranched alkanes of at least 4 members (excludes halogenated alkanes) is 6. The number of nitrogens with zero attached hydrogens (tertiary/aromatic N) is 2. The lowest BCUT2D eigenvalue weighted by Gasteiger charge is -2.28. The van der Waals surface area contributed by atoms with Crippen LogP contribution in [-0.2, 0) is 12.8 Å². The smallest absolute Gasteiger partial charge is 0.0464 e. The van der Waals surface area contributed by atoms with Crippen LogP contribution < -0.4 is 9.80 Å². The maximum absolute atomic E-state index is 2.60. The molecule has 0 saturated carbocycles. The van der Waals surface area contributed by atoms with Crippen LogP contribution in [0.3, 0.4) is 0 Å². The van der Waals surface area contributed by atoms with Gasteiger partial charge < -0.3 is 9.80 Å². The predicted molar refractivity (Wildman–Crippen MR) is 368 cm³/mol. The van der Waals surface area contributed by atoms with E-state index < -0.39 is 0 Å². The molecule has 0 bridgehead atoms. The lowest BCUT2D eigenvalue weighted by atomic mass is 9.85. The van der Waals surface area contributed by atoms with Crippen molar-refractivity contribution in [1.29, 1.82) is 0 Å². The third kappa shape index (κ3) is 13.5. The van der Waals surface area contributed by atoms with Crippen molar-refractivity contribution in [2.24, 2.45) is 0 Å². The average molecular weight is 1110 g/mol. The van der Waals surface area contributed by atoms with Gasteiger partial charge in [-0.2, -0.15) is 0 Å². The minimum Gasteiger partial charge on any atom is -0.310 e. The van der Waals surface area contributed by atoms with Crippen molar-refractivity contribution in [3.8, 4) is 66.8 Å². The van der Waals surface area contributed by atoms with Crippen LogP contribution in [0.15, 0.2) is 249 Å². The van der Waals surface area contributed by atoms with Crippen molar-refractivity contribution in [3.05, 3.63) is 288 Å². The molecule has 0 aliphatic heterocycles. The predicted octanol–water partition coefficient (Wildman–Crippen LogP) is 24.4. The molecule has 0 aliphatic rings. The van der Waals surface area contributed by atoms with Crippen LogP contribution in [0.25, 0.3) is 66.8 Å². The summed E-state index contributed by atoms with van der Waals surface area (Å²) in [5.74, 6) is 0. The Kier molecular flexibility index (Phi) is 18.5. The summed E-state index contributed by atoms with van der Waals surface area (Å²) in [6.45, 7) is 15.7. The van der Waals surface area contributed by atoms with Crippen LogP contribution in [0.5, 0.6) is 0 Å². The first-order chi connectivity index (χ1) is 41.6. The topological polar surface area (TPSA) is 6.48 Å². The Balaban J connectivity index is 0.983. The highest BCUT2D eigenvalue weighted by Crippen LogP contribution is 2.44. The molecule has 0 amide bonds. The van der Waals surface area contributed by atoms with Crippen LogP contribution in [-0.4, -0.2) is 0 Å². The highest BCUT2D eigenvalue weighted by molar-refractivity contribution is 5.86. The molecule has 0 atom stereocenters. The molecular formula is C83H82N2. The number of anilines is 6. The summed E-state index contributed by atoms with van der Waals surface area (Å²) in [6.07, 6.45) is 11.8. The van der Waals surface area contributed by atoms with Gasteiger partial charge >= 0.3 is 0 Å². The molecule has 0 aliphatic carbocycles. The number of aryl methyl sites for hydroxylation is 7. The first-order valence-corrected chi connectivity index (χ1v) is 31.3. The molecule has 424 valence electrons. The minimum absolute atomic E-state index is 1.04. The van der Waals surface area contributed by atoms with Crippen molar-refractivity contribution >= 4 is 34.1 Å². The second-order valence-corrected chi connectivity index (χ2v) is 23.6. The van der Waals surface area contributed by atoms with Gasteiger partial charge in [0.05, 0.1) is 0 Å². The first kappa shape index (κ1) is 57.8. The molecule has 2 heteroatoms. The van der Waals surface area contributed by atoms with Gasteiger partial charge in [0.25, 0.3) is 0 Å². The third-order valence-corrected chi connectivity index (χ3v) is 17.3. The molecule has 0 heterocycles. The summed E-state index contributed by atoms with van der Waals surface area (Å²) >= 11 is 0. The van der Waals surface area contributed by atoms with E-state index in [1.54, 1.807) is 0 Å². The van der Waals surface area contributed by atoms with E-state index in [1.165, 1.54) is 144 Å². The molecule has 0 spiro atoms. The monoisotopic (exact) mass is 1110 g/mol. The standard InChI is InChI=1S/C83H82N2/c1-8-10-12-16-26-71-58-83(81-53-50-78(56-63(81)7)85(75-44-38-67(39-45-75)65-34-30-60(4)31-35-65)77-49-52-80(62(6)55-77)69-24-20-15-21-25-69)72(27-17-13-11-9-2)57-82(71)70-40-46-74(47-41-70)84(73-42-36-66(37-43-73)64-32-28-59(3)29-33-64)76-48-51-79(61(5)54-76)68-22-18-14-19-23-68/h14-15,18-25,28-58H,8-13,16-17,26-27H2,1-7H3. The molecule has 85 heavy (non-hydrogen) atoms. The Morgan fingerprint density at radius 2 is 0.541 bits per heavy atom. The van der Waals surface area contributed by atoms with Crippen LogP contribution in [0.2, 0.25) is 0 Å². The zero-order chi connectivity index (χ0) is 58.7. The van der Waals surface area contributed by atoms with E-state index in [2.05, 4.69) is 307 Å². The van der Waals surface area contributed by atoms with Gasteiger partial charge in [-0.05, 0) is 228 Å². The van der Waals surface area contributed by atoms with E-state index in [0.29, 0.717) is 0 Å². The van der Waals surface area contributed by atoms with Crippen LogP contribution in [0.1, 0.15) is 104 Å². The highest BCUT2D eigenvalue weighted by Gasteiger charge is 2.21. The lowest BCUT2D eigenvalue weighted by Crippen LogP contribution is -2.11. The maximum Gasteiger partial charge on any atom is 0.0464 e. The van der Waals surface area contributed by atoms with Gasteiger partial charge in [0.2, 0.25) is 0 Å². The third-order valence-electron chi connectivity index (χ3n) is 17.3. The Morgan fingerprint density at radius 3 is 0.918 bits per heavy atom. The van der Waals surface area contributed by atoms with E-state index in [1.807, 2.05) is 0 Å². The summed E-state index contributed by atoms with van der Waals surface area (Å²) < 4.78 is 0. The van der Waals surface area contributed by atoms with Gasteiger partial charge in [0, 0.05) is 34.1 Å². The molecule has 2 nitrogen and oxygen atoms in total. The van der Waals surface area contributed by atoms with Gasteiger partial charge in [-0.15, -0.1) is 0 Å². The van der Waals surface area contributed by atoms with Gasteiger partial charge in [-0.3, -0.25) is 0 Å². The lowest BCUT2D eigenvalue weighted by molar-refractivity contribution is 0.664. The van der Waals surface area contributed by atoms with E-state index >= 15 is 0 Å². The quantitative estimate of drug-likeness (QED) is 0.0624. The molecule has 0 fully saturated rings. The molecule has 0 saturated heterocycles. The van der Waals surface area contributed by atoms with Gasteiger partial charge in [0.1, 0.15) is 0 Å². The highest BCUT2D eigenvalue weighted by atomic mass is 15.1. The molecule has 0 unspecified atom stereocenters. The van der Waals surface area contributed by atoms with Crippen molar-refractivity contribution in [2.75, 3.05) is 9.80 Å². The van der Waals surface area contributed by atoms with E-state index in [0.717, 1.165) is 59.8 Å². The number of benzene rings is 11. The van der Waals surface area contributed by atoms with Gasteiger partial charge in [0.15, 0.2) is 0 Å². The fourth-order valence-corrected chi connectivity index (χ4v) is 12.4. The summed E-state index contributed by atoms with van der Waals surface area (Å²) in [5.41, 5.74) is 31.2. The molecule has 11 aromatic rings. The molecule has 0 aromatic heterocycles. The molecule has 11 aromatic carbocycles. The summed E-state index contributed by atoms with van der Waals surface area (Å²) in [6, 6.07) is 93.1. The Hall–Kier alpha value is -8.98. The molecule has 0 N–H and O–H groups in total. The van der Waals surface area contributed by atoms with Crippen LogP contribution in [0.4, 0.5) is 34.1 Å². The second-order valence-electron chi connectivity index (χ2n) is 23.6. The van der Waals surface area contributed by atoms with Gasteiger partial charge in [-0.1, -0.05) is 239 Å². The van der Waals surface area contributed by atoms with E-state index in [-0.39, 0.29) is 0 Å². The Bertz CT molecular complexity index is 3970. The first-order valence-electron chi connectivity index (χ1n) is 31.3. The summed E-state index contributed by atoms with van der Waals surface area (Å²) in [4.78, 5) is 4.87. The summed E-state index contributed by atoms with van der Waals surface area (Å²) in [7, 11) is 0. The van der Waals surface area contributed by atoms with Crippen molar-refractivity contribution in [3.63, 3.8) is 0 Å². The summed E-state index contributed by atoms with van der Waals surface area (Å²) in [5, 5.41) is 0. The number of hydrogen-bond acceptors (Lipinski definition) is 2. The fourth-order valence-electron chi connectivity index (χ4n) is 12.4. The van der Waals surface area contributed by atoms with Crippen molar-refractivity contribution in [1.82, 2.24) is 0 Å². The number of rotatable bonds is 22. The average Bonchev–Trinajstić information content (AvgIpc) is 3.54. The van der Waals surface area contributed by atoms with E-state index in [9.17, 15) is 0 Å². The van der Waals surface area contributed by atoms with Crippen molar-refractivity contribution in [2.45, 2.75) is 113 Å². The molecule has 0 radical (unpaired) electrons. The van der Waals surface area contributed by atoms with Crippen LogP contribution >= 0.6 is 0 Å². The molecule has 11 rings (SSSR count). The number of hydrogen-bond donors (Lipinski definition) is 0. The largest absolute Gasteiger partial charge is 0.310 e. The fraction of sp³-hybridized carbons (Fsp3) is 0.205. The van der Waals surface area contributed by atoms with Crippen molar-refractivity contribution < 1.29 is 0 Å². The maximum atomic E-state index is 2.60. The molecular weight excluding hydrogens is 1020 g/mol. The van der Waals surface area contributed by atoms with E-state index in [4.69, 9.17) is 0 Å².